The molecule has 0 fully saturated rings. The molecule has 0 saturated carbocycles. The first-order chi connectivity index (χ1) is 25.8. The number of rotatable bonds is 5. The lowest BCUT2D eigenvalue weighted by atomic mass is 10.1. The average Bonchev–Trinajstić information content (AvgIpc) is 3.22. The van der Waals surface area contributed by atoms with E-state index in [2.05, 4.69) is 125 Å². The summed E-state index contributed by atoms with van der Waals surface area (Å²) in [7, 11) is 0. The number of anilines is 6. The minimum atomic E-state index is 0.608. The molecule has 8 aromatic rings. The van der Waals surface area contributed by atoms with Gasteiger partial charge in [-0.1, -0.05) is 133 Å². The number of para-hydroxylation sites is 4. The van der Waals surface area contributed by atoms with Crippen LogP contribution in [0.2, 0.25) is 0 Å². The molecule has 10 rings (SSSR count). The monoisotopic (exact) mass is 703 g/mol. The highest BCUT2D eigenvalue weighted by molar-refractivity contribution is 8.00. The van der Waals surface area contributed by atoms with Crippen LogP contribution in [0.4, 0.5) is 34.1 Å². The zero-order chi connectivity index (χ0) is 34.4. The van der Waals surface area contributed by atoms with Crippen molar-refractivity contribution in [2.24, 2.45) is 0 Å². The molecule has 2 aliphatic heterocycles. The van der Waals surface area contributed by atoms with Gasteiger partial charge in [-0.25, -0.2) is 15.0 Å². The second kappa shape index (κ2) is 12.9. The highest BCUT2D eigenvalue weighted by atomic mass is 32.2. The van der Waals surface area contributed by atoms with Crippen LogP contribution in [-0.4, -0.2) is 15.0 Å². The van der Waals surface area contributed by atoms with Crippen LogP contribution in [0.25, 0.3) is 34.2 Å². The van der Waals surface area contributed by atoms with E-state index in [0.29, 0.717) is 17.5 Å². The SMILES string of the molecule is c1ccc(-c2nc(-c3ccccc3)nc(-c3cc(N4c5ccccc5Sc5ccccc54)cc(N4c5ccccc5Sc5ccccc54)c3)n2)cc1. The maximum Gasteiger partial charge on any atom is 0.164 e. The molecule has 0 aliphatic carbocycles. The van der Waals surface area contributed by atoms with E-state index in [1.165, 1.54) is 19.6 Å². The van der Waals surface area contributed by atoms with Crippen molar-refractivity contribution in [2.75, 3.05) is 9.80 Å². The molecule has 0 unspecified atom stereocenters. The summed E-state index contributed by atoms with van der Waals surface area (Å²) in [6.07, 6.45) is 0. The van der Waals surface area contributed by atoms with E-state index in [1.54, 1.807) is 23.5 Å². The van der Waals surface area contributed by atoms with Crippen LogP contribution >= 0.6 is 23.5 Å². The van der Waals surface area contributed by atoms with Crippen molar-refractivity contribution in [3.05, 3.63) is 176 Å². The third-order valence-electron chi connectivity index (χ3n) is 9.24. The number of hydrogen-bond acceptors (Lipinski definition) is 7. The molecular formula is C45H29N5S2. The zero-order valence-corrected chi connectivity index (χ0v) is 29.4. The number of fused-ring (bicyclic) bond motifs is 4. The molecule has 0 N–H and O–H groups in total. The van der Waals surface area contributed by atoms with Crippen molar-refractivity contribution < 1.29 is 0 Å². The first kappa shape index (κ1) is 30.7. The van der Waals surface area contributed by atoms with Gasteiger partial charge in [0.2, 0.25) is 0 Å². The lowest BCUT2D eigenvalue weighted by molar-refractivity contribution is 1.07. The zero-order valence-electron chi connectivity index (χ0n) is 27.8. The summed E-state index contributed by atoms with van der Waals surface area (Å²) in [4.78, 5) is 24.9. The summed E-state index contributed by atoms with van der Waals surface area (Å²) in [5.74, 6) is 1.87. The molecule has 246 valence electrons. The van der Waals surface area contributed by atoms with E-state index in [1.807, 2.05) is 60.7 Å². The summed E-state index contributed by atoms with van der Waals surface area (Å²) in [6, 6.07) is 61.6. The minimum Gasteiger partial charge on any atom is -0.308 e. The van der Waals surface area contributed by atoms with Crippen molar-refractivity contribution >= 4 is 57.6 Å². The van der Waals surface area contributed by atoms with Gasteiger partial charge in [0, 0.05) is 47.6 Å². The Kier molecular flexibility index (Phi) is 7.59. The Morgan fingerprint density at radius 2 is 0.615 bits per heavy atom. The smallest absolute Gasteiger partial charge is 0.164 e. The van der Waals surface area contributed by atoms with E-state index in [0.717, 1.165) is 50.8 Å². The number of benzene rings is 7. The molecule has 5 nitrogen and oxygen atoms in total. The van der Waals surface area contributed by atoms with Gasteiger partial charge in [-0.3, -0.25) is 0 Å². The average molecular weight is 704 g/mol. The molecule has 1 aromatic heterocycles. The largest absolute Gasteiger partial charge is 0.308 e. The van der Waals surface area contributed by atoms with Crippen LogP contribution in [-0.2, 0) is 0 Å². The molecular weight excluding hydrogens is 675 g/mol. The standard InChI is InChI=1S/C45H29N5S2/c1-3-15-30(16-4-1)43-46-44(31-17-5-2-6-18-31)48-45(47-43)32-27-33(49-35-19-7-11-23-39(35)51-40-24-12-8-20-36(40)49)29-34(28-32)50-37-21-9-13-25-41(37)52-42-26-14-10-22-38(42)50/h1-29H. The second-order valence-corrected chi connectivity index (χ2v) is 14.7. The van der Waals surface area contributed by atoms with E-state index in [9.17, 15) is 0 Å². The normalized spacial score (nSPS) is 12.8. The van der Waals surface area contributed by atoms with Crippen molar-refractivity contribution in [2.45, 2.75) is 19.6 Å². The van der Waals surface area contributed by atoms with Crippen LogP contribution in [0.15, 0.2) is 196 Å². The van der Waals surface area contributed by atoms with Crippen LogP contribution in [0, 0.1) is 0 Å². The van der Waals surface area contributed by atoms with Gasteiger partial charge >= 0.3 is 0 Å². The van der Waals surface area contributed by atoms with Gasteiger partial charge in [0.05, 0.1) is 22.7 Å². The molecule has 7 heteroatoms. The van der Waals surface area contributed by atoms with Gasteiger partial charge in [-0.05, 0) is 66.7 Å². The van der Waals surface area contributed by atoms with Crippen LogP contribution < -0.4 is 9.80 Å². The molecule has 3 heterocycles. The fourth-order valence-electron chi connectivity index (χ4n) is 6.89. The highest BCUT2D eigenvalue weighted by Crippen LogP contribution is 2.55. The predicted molar refractivity (Wildman–Crippen MR) is 214 cm³/mol. The molecule has 7 aromatic carbocycles. The third-order valence-corrected chi connectivity index (χ3v) is 11.5. The Morgan fingerprint density at radius 3 is 0.981 bits per heavy atom. The summed E-state index contributed by atoms with van der Waals surface area (Å²) < 4.78 is 0. The Balaban J connectivity index is 1.26. The molecule has 0 saturated heterocycles. The summed E-state index contributed by atoms with van der Waals surface area (Å²) in [5, 5.41) is 0. The number of hydrogen-bond donors (Lipinski definition) is 0. The quantitative estimate of drug-likeness (QED) is 0.177. The Labute approximate surface area is 310 Å². The van der Waals surface area contributed by atoms with Gasteiger partial charge < -0.3 is 9.80 Å². The molecule has 2 aliphatic rings. The van der Waals surface area contributed by atoms with Gasteiger partial charge in [-0.15, -0.1) is 0 Å². The topological polar surface area (TPSA) is 45.2 Å². The maximum atomic E-state index is 5.18. The van der Waals surface area contributed by atoms with E-state index in [-0.39, 0.29) is 0 Å². The first-order valence-corrected chi connectivity index (χ1v) is 18.7. The lowest BCUT2D eigenvalue weighted by Crippen LogP contribution is -2.18. The van der Waals surface area contributed by atoms with Crippen LogP contribution in [0.3, 0.4) is 0 Å². The van der Waals surface area contributed by atoms with Crippen LogP contribution in [0.5, 0.6) is 0 Å². The molecule has 0 radical (unpaired) electrons. The Bertz CT molecular complexity index is 2350. The van der Waals surface area contributed by atoms with E-state index >= 15 is 0 Å². The lowest BCUT2D eigenvalue weighted by Gasteiger charge is -2.36. The van der Waals surface area contributed by atoms with Crippen molar-refractivity contribution in [1.29, 1.82) is 0 Å². The van der Waals surface area contributed by atoms with Crippen molar-refractivity contribution in [3.63, 3.8) is 0 Å². The summed E-state index contributed by atoms with van der Waals surface area (Å²) in [5.41, 5.74) is 9.34. The number of aromatic nitrogens is 3. The highest BCUT2D eigenvalue weighted by Gasteiger charge is 2.29. The van der Waals surface area contributed by atoms with Crippen molar-refractivity contribution in [1.82, 2.24) is 15.0 Å². The predicted octanol–water partition coefficient (Wildman–Crippen LogP) is 12.7. The van der Waals surface area contributed by atoms with Gasteiger partial charge in [-0.2, -0.15) is 0 Å². The van der Waals surface area contributed by atoms with Gasteiger partial charge in [0.15, 0.2) is 17.5 Å². The Morgan fingerprint density at radius 1 is 0.308 bits per heavy atom. The van der Waals surface area contributed by atoms with Crippen LogP contribution in [0.1, 0.15) is 0 Å². The first-order valence-electron chi connectivity index (χ1n) is 17.1. The fraction of sp³-hybridized carbons (Fsp3) is 0. The Hall–Kier alpha value is -6.15. The van der Waals surface area contributed by atoms with E-state index < -0.39 is 0 Å². The van der Waals surface area contributed by atoms with Gasteiger partial charge in [0.1, 0.15) is 0 Å². The van der Waals surface area contributed by atoms with Gasteiger partial charge in [0.25, 0.3) is 0 Å². The molecule has 0 spiro atoms. The molecule has 0 amide bonds. The van der Waals surface area contributed by atoms with E-state index in [4.69, 9.17) is 15.0 Å². The number of nitrogens with zero attached hydrogens (tertiary/aromatic N) is 5. The molecule has 52 heavy (non-hydrogen) atoms. The maximum absolute atomic E-state index is 5.18. The molecule has 0 bridgehead atoms. The summed E-state index contributed by atoms with van der Waals surface area (Å²) in [6.45, 7) is 0. The third kappa shape index (κ3) is 5.42. The second-order valence-electron chi connectivity index (χ2n) is 12.5. The van der Waals surface area contributed by atoms with Crippen molar-refractivity contribution in [3.8, 4) is 34.2 Å². The fourth-order valence-corrected chi connectivity index (χ4v) is 9.00. The minimum absolute atomic E-state index is 0.608. The summed E-state index contributed by atoms with van der Waals surface area (Å²) >= 11 is 3.61. The molecule has 0 atom stereocenters.